The summed E-state index contributed by atoms with van der Waals surface area (Å²) < 4.78 is 32.0. The van der Waals surface area contributed by atoms with Gasteiger partial charge in [-0.3, -0.25) is 0 Å². The quantitative estimate of drug-likeness (QED) is 0.896. The van der Waals surface area contributed by atoms with Crippen molar-refractivity contribution in [2.75, 3.05) is 19.6 Å². The van der Waals surface area contributed by atoms with Crippen LogP contribution < -0.4 is 10.6 Å². The van der Waals surface area contributed by atoms with Gasteiger partial charge in [-0.1, -0.05) is 30.3 Å². The van der Waals surface area contributed by atoms with E-state index in [1.165, 1.54) is 0 Å². The molecule has 1 fully saturated rings. The molecule has 1 aliphatic rings. The number of piperidine rings is 1. The number of hydrogen-bond acceptors (Lipinski definition) is 3. The van der Waals surface area contributed by atoms with Crippen LogP contribution in [0.5, 0.6) is 0 Å². The molecule has 1 heterocycles. The summed E-state index contributed by atoms with van der Waals surface area (Å²) >= 11 is 0. The molecule has 0 unspecified atom stereocenters. The van der Waals surface area contributed by atoms with Gasteiger partial charge in [-0.25, -0.2) is 13.6 Å². The van der Waals surface area contributed by atoms with E-state index >= 15 is 0 Å². The Kier molecular flexibility index (Phi) is 6.84. The maximum Gasteiger partial charge on any atom is 0.407 e. The molecule has 1 amide bonds. The molecule has 118 valence electrons. The zero-order chi connectivity index (χ0) is 14.4. The first kappa shape index (κ1) is 17.7. The summed E-state index contributed by atoms with van der Waals surface area (Å²) in [5, 5.41) is 5.30. The summed E-state index contributed by atoms with van der Waals surface area (Å²) in [5.74, 6) is -3.63. The maximum atomic E-state index is 13.5. The van der Waals surface area contributed by atoms with Crippen LogP contribution in [-0.2, 0) is 11.3 Å². The third-order valence-corrected chi connectivity index (χ3v) is 3.33. The lowest BCUT2D eigenvalue weighted by Crippen LogP contribution is -2.49. The minimum atomic E-state index is -2.74. The van der Waals surface area contributed by atoms with Crippen molar-refractivity contribution in [2.24, 2.45) is 5.92 Å². The predicted molar refractivity (Wildman–Crippen MR) is 77.8 cm³/mol. The van der Waals surface area contributed by atoms with E-state index in [-0.39, 0.29) is 38.5 Å². The third kappa shape index (κ3) is 5.47. The standard InChI is InChI=1S/C14H18F2N2O2.ClH/c15-14(16)6-7-17-8-12(14)9-18-13(19)20-10-11-4-2-1-3-5-11;/h1-5,12,17H,6-10H2,(H,18,19);1H/t12-;/m1./s1. The molecule has 7 heteroatoms. The number of halogens is 3. The molecule has 2 rings (SSSR count). The largest absolute Gasteiger partial charge is 0.445 e. The second-order valence-corrected chi connectivity index (χ2v) is 4.85. The lowest BCUT2D eigenvalue weighted by molar-refractivity contribution is -0.0764. The Morgan fingerprint density at radius 3 is 2.76 bits per heavy atom. The van der Waals surface area contributed by atoms with Gasteiger partial charge in [0.25, 0.3) is 5.92 Å². The van der Waals surface area contributed by atoms with Crippen molar-refractivity contribution in [3.05, 3.63) is 35.9 Å². The van der Waals surface area contributed by atoms with Crippen molar-refractivity contribution in [1.29, 1.82) is 0 Å². The Morgan fingerprint density at radius 1 is 1.38 bits per heavy atom. The van der Waals surface area contributed by atoms with Gasteiger partial charge in [-0.15, -0.1) is 12.4 Å². The van der Waals surface area contributed by atoms with Gasteiger partial charge >= 0.3 is 6.09 Å². The Bertz CT molecular complexity index is 446. The van der Waals surface area contributed by atoms with Crippen molar-refractivity contribution in [1.82, 2.24) is 10.6 Å². The SMILES string of the molecule is Cl.O=C(NC[C@H]1CNCCC1(F)F)OCc1ccccc1. The van der Waals surface area contributed by atoms with E-state index in [4.69, 9.17) is 4.74 Å². The molecule has 4 nitrogen and oxygen atoms in total. The van der Waals surface area contributed by atoms with Gasteiger partial charge in [0, 0.05) is 26.1 Å². The lowest BCUT2D eigenvalue weighted by Gasteiger charge is -2.31. The van der Waals surface area contributed by atoms with Gasteiger partial charge in [0.15, 0.2) is 0 Å². The molecule has 2 N–H and O–H groups in total. The van der Waals surface area contributed by atoms with Gasteiger partial charge < -0.3 is 15.4 Å². The van der Waals surface area contributed by atoms with Crippen molar-refractivity contribution in [2.45, 2.75) is 19.0 Å². The highest BCUT2D eigenvalue weighted by Gasteiger charge is 2.41. The van der Waals surface area contributed by atoms with Crippen LogP contribution in [0, 0.1) is 5.92 Å². The molecular formula is C14H19ClF2N2O2. The molecule has 1 aliphatic heterocycles. The Morgan fingerprint density at radius 2 is 2.10 bits per heavy atom. The van der Waals surface area contributed by atoms with Crippen molar-refractivity contribution < 1.29 is 18.3 Å². The van der Waals surface area contributed by atoms with Gasteiger partial charge in [0.1, 0.15) is 6.61 Å². The highest BCUT2D eigenvalue weighted by molar-refractivity contribution is 5.85. The number of rotatable bonds is 4. The van der Waals surface area contributed by atoms with Gasteiger partial charge in [-0.05, 0) is 5.56 Å². The van der Waals surface area contributed by atoms with E-state index in [1.807, 2.05) is 30.3 Å². The predicted octanol–water partition coefficient (Wildman–Crippen LogP) is 2.58. The molecule has 0 aliphatic carbocycles. The Balaban J connectivity index is 0.00000220. The van der Waals surface area contributed by atoms with Crippen LogP contribution in [-0.4, -0.2) is 31.7 Å². The summed E-state index contributed by atoms with van der Waals surface area (Å²) in [6.45, 7) is 0.549. The van der Waals surface area contributed by atoms with Crippen LogP contribution in [0.25, 0.3) is 0 Å². The lowest BCUT2D eigenvalue weighted by atomic mass is 9.95. The van der Waals surface area contributed by atoms with E-state index in [2.05, 4.69) is 10.6 Å². The highest BCUT2D eigenvalue weighted by Crippen LogP contribution is 2.29. The Labute approximate surface area is 128 Å². The molecule has 0 bridgehead atoms. The number of alkyl carbamates (subject to hydrolysis) is 1. The molecule has 0 radical (unpaired) electrons. The van der Waals surface area contributed by atoms with Crippen LogP contribution in [0.4, 0.5) is 13.6 Å². The third-order valence-electron chi connectivity index (χ3n) is 3.33. The molecule has 0 spiro atoms. The summed E-state index contributed by atoms with van der Waals surface area (Å²) in [4.78, 5) is 11.5. The van der Waals surface area contributed by atoms with Crippen LogP contribution in [0.1, 0.15) is 12.0 Å². The van der Waals surface area contributed by atoms with E-state index in [0.29, 0.717) is 6.54 Å². The number of carbonyl (C=O) groups excluding carboxylic acids is 1. The summed E-state index contributed by atoms with van der Waals surface area (Å²) in [5.41, 5.74) is 0.854. The number of benzene rings is 1. The first-order valence-corrected chi connectivity index (χ1v) is 6.61. The normalized spacial score (nSPS) is 20.2. The summed E-state index contributed by atoms with van der Waals surface area (Å²) in [7, 11) is 0. The first-order valence-electron chi connectivity index (χ1n) is 6.61. The van der Waals surface area contributed by atoms with Gasteiger partial charge in [-0.2, -0.15) is 0 Å². The number of carbonyl (C=O) groups is 1. The van der Waals surface area contributed by atoms with Crippen LogP contribution in [0.3, 0.4) is 0 Å². The molecule has 1 aromatic rings. The van der Waals surface area contributed by atoms with Crippen molar-refractivity contribution >= 4 is 18.5 Å². The fourth-order valence-corrected chi connectivity index (χ4v) is 2.09. The van der Waals surface area contributed by atoms with E-state index < -0.39 is 17.9 Å². The van der Waals surface area contributed by atoms with Crippen molar-refractivity contribution in [3.63, 3.8) is 0 Å². The zero-order valence-corrected chi connectivity index (χ0v) is 12.3. The van der Waals surface area contributed by atoms with Gasteiger partial charge in [0.2, 0.25) is 0 Å². The molecule has 1 saturated heterocycles. The molecule has 0 saturated carbocycles. The average Bonchev–Trinajstić information content (AvgIpc) is 2.44. The molecule has 1 aromatic carbocycles. The molecule has 0 aromatic heterocycles. The monoisotopic (exact) mass is 320 g/mol. The van der Waals surface area contributed by atoms with E-state index in [9.17, 15) is 13.6 Å². The second kappa shape index (κ2) is 8.14. The van der Waals surface area contributed by atoms with Crippen molar-refractivity contribution in [3.8, 4) is 0 Å². The minimum Gasteiger partial charge on any atom is -0.445 e. The van der Waals surface area contributed by atoms with E-state index in [1.54, 1.807) is 0 Å². The Hall–Kier alpha value is -1.40. The number of amides is 1. The number of hydrogen-bond donors (Lipinski definition) is 2. The fourth-order valence-electron chi connectivity index (χ4n) is 2.09. The van der Waals surface area contributed by atoms with Gasteiger partial charge in [0.05, 0.1) is 5.92 Å². The zero-order valence-electron chi connectivity index (χ0n) is 11.5. The topological polar surface area (TPSA) is 50.4 Å². The molecular weight excluding hydrogens is 302 g/mol. The average molecular weight is 321 g/mol. The van der Waals surface area contributed by atoms with E-state index in [0.717, 1.165) is 5.56 Å². The number of ether oxygens (including phenoxy) is 1. The highest BCUT2D eigenvalue weighted by atomic mass is 35.5. The maximum absolute atomic E-state index is 13.5. The first-order chi connectivity index (χ1) is 9.58. The molecule has 1 atom stereocenters. The minimum absolute atomic E-state index is 0. The number of nitrogens with one attached hydrogen (secondary N) is 2. The smallest absolute Gasteiger partial charge is 0.407 e. The van der Waals surface area contributed by atoms with Crippen LogP contribution in [0.2, 0.25) is 0 Å². The molecule has 21 heavy (non-hydrogen) atoms. The summed E-state index contributed by atoms with van der Waals surface area (Å²) in [6.07, 6.45) is -0.867. The summed E-state index contributed by atoms with van der Waals surface area (Å²) in [6, 6.07) is 9.19. The van der Waals surface area contributed by atoms with Crippen LogP contribution >= 0.6 is 12.4 Å². The number of alkyl halides is 2. The van der Waals surface area contributed by atoms with Crippen LogP contribution in [0.15, 0.2) is 30.3 Å². The fraction of sp³-hybridized carbons (Fsp3) is 0.500. The second-order valence-electron chi connectivity index (χ2n) is 4.85.